The third kappa shape index (κ3) is 36.0. The largest absolute Gasteiger partial charge is 0.462 e. The molecule has 0 bridgehead atoms. The van der Waals surface area contributed by atoms with Gasteiger partial charge in [0, 0.05) is 19.3 Å². The predicted octanol–water partition coefficient (Wildman–Crippen LogP) is 15.9. The first-order valence-electron chi connectivity index (χ1n) is 27.6. The third-order valence-corrected chi connectivity index (χ3v) is 13.0. The lowest BCUT2D eigenvalue weighted by Gasteiger charge is -2.18. The topological polar surface area (TPSA) is 104 Å². The summed E-state index contributed by atoms with van der Waals surface area (Å²) >= 11 is 0. The molecule has 372 valence electrons. The van der Waals surface area contributed by atoms with Gasteiger partial charge in [-0.1, -0.05) is 206 Å². The number of carbonyl (C=O) groups is 3. The van der Waals surface area contributed by atoms with Crippen LogP contribution < -0.4 is 0 Å². The van der Waals surface area contributed by atoms with Crippen LogP contribution in [0.25, 0.3) is 0 Å². The van der Waals surface area contributed by atoms with Crippen LogP contribution in [0.4, 0.5) is 0 Å². The highest BCUT2D eigenvalue weighted by atomic mass is 16.6. The fourth-order valence-corrected chi connectivity index (χ4v) is 8.63. The molecular formula is C56H100O8. The van der Waals surface area contributed by atoms with E-state index in [0.717, 1.165) is 109 Å². The van der Waals surface area contributed by atoms with Crippen LogP contribution in [0, 0.1) is 0 Å². The van der Waals surface area contributed by atoms with Crippen molar-refractivity contribution in [1.29, 1.82) is 0 Å². The zero-order chi connectivity index (χ0) is 46.0. The highest BCUT2D eigenvalue weighted by Gasteiger charge is 2.37. The van der Waals surface area contributed by atoms with Crippen molar-refractivity contribution in [2.24, 2.45) is 0 Å². The maximum Gasteiger partial charge on any atom is 0.306 e. The van der Waals surface area contributed by atoms with Gasteiger partial charge in [0.2, 0.25) is 0 Å². The highest BCUT2D eigenvalue weighted by Crippen LogP contribution is 2.31. The Morgan fingerprint density at radius 1 is 0.391 bits per heavy atom. The molecule has 64 heavy (non-hydrogen) atoms. The molecule has 8 heteroatoms. The molecule has 2 fully saturated rings. The lowest BCUT2D eigenvalue weighted by atomic mass is 10.0. The highest BCUT2D eigenvalue weighted by molar-refractivity contribution is 5.71. The molecule has 2 aliphatic heterocycles. The van der Waals surface area contributed by atoms with E-state index in [1.807, 2.05) is 0 Å². The Balaban J connectivity index is 1.56. The van der Waals surface area contributed by atoms with E-state index >= 15 is 0 Å². The Labute approximate surface area is 393 Å². The van der Waals surface area contributed by atoms with Crippen molar-refractivity contribution in [3.8, 4) is 0 Å². The Kier molecular flexibility index (Phi) is 38.2. The smallest absolute Gasteiger partial charge is 0.306 e. The first kappa shape index (κ1) is 57.9. The van der Waals surface area contributed by atoms with E-state index in [2.05, 4.69) is 45.1 Å². The van der Waals surface area contributed by atoms with Crippen LogP contribution in [-0.2, 0) is 38.1 Å². The maximum atomic E-state index is 12.8. The summed E-state index contributed by atoms with van der Waals surface area (Å²) in [7, 11) is 0. The van der Waals surface area contributed by atoms with Gasteiger partial charge in [0.15, 0.2) is 6.10 Å². The van der Waals surface area contributed by atoms with Crippen molar-refractivity contribution in [2.45, 2.75) is 302 Å². The summed E-state index contributed by atoms with van der Waals surface area (Å²) in [6.45, 7) is 6.57. The van der Waals surface area contributed by atoms with Crippen LogP contribution in [0.5, 0.6) is 0 Å². The average Bonchev–Trinajstić information content (AvgIpc) is 4.23. The van der Waals surface area contributed by atoms with Crippen molar-refractivity contribution in [2.75, 3.05) is 13.2 Å². The van der Waals surface area contributed by atoms with E-state index in [0.29, 0.717) is 43.7 Å². The van der Waals surface area contributed by atoms with Crippen LogP contribution in [0.1, 0.15) is 271 Å². The Morgan fingerprint density at radius 3 is 1.11 bits per heavy atom. The fourth-order valence-electron chi connectivity index (χ4n) is 8.63. The van der Waals surface area contributed by atoms with Crippen molar-refractivity contribution in [1.82, 2.24) is 0 Å². The van der Waals surface area contributed by atoms with Gasteiger partial charge in [-0.3, -0.25) is 14.4 Å². The molecule has 0 aromatic heterocycles. The molecule has 0 radical (unpaired) electrons. The zero-order valence-electron chi connectivity index (χ0n) is 42.0. The van der Waals surface area contributed by atoms with E-state index in [9.17, 15) is 14.4 Å². The summed E-state index contributed by atoms with van der Waals surface area (Å²) in [6, 6.07) is 0. The number of unbranched alkanes of at least 4 members (excludes halogenated alkanes) is 27. The van der Waals surface area contributed by atoms with Gasteiger partial charge < -0.3 is 23.7 Å². The Morgan fingerprint density at radius 2 is 0.719 bits per heavy atom. The van der Waals surface area contributed by atoms with Crippen LogP contribution in [0.2, 0.25) is 0 Å². The lowest BCUT2D eigenvalue weighted by molar-refractivity contribution is -0.167. The van der Waals surface area contributed by atoms with Gasteiger partial charge in [-0.2, -0.15) is 0 Å². The van der Waals surface area contributed by atoms with Crippen molar-refractivity contribution < 1.29 is 38.1 Å². The van der Waals surface area contributed by atoms with E-state index < -0.39 is 6.10 Å². The van der Waals surface area contributed by atoms with Crippen LogP contribution >= 0.6 is 0 Å². The van der Waals surface area contributed by atoms with Gasteiger partial charge in [0.25, 0.3) is 0 Å². The molecule has 0 amide bonds. The summed E-state index contributed by atoms with van der Waals surface area (Å²) in [6.07, 6.45) is 53.5. The number of esters is 3. The second-order valence-corrected chi connectivity index (χ2v) is 19.3. The van der Waals surface area contributed by atoms with Gasteiger partial charge in [-0.15, -0.1) is 0 Å². The van der Waals surface area contributed by atoms with Gasteiger partial charge in [0.05, 0.1) is 24.4 Å². The second-order valence-electron chi connectivity index (χ2n) is 19.3. The number of hydrogen-bond donors (Lipinski definition) is 0. The van der Waals surface area contributed by atoms with Gasteiger partial charge in [-0.05, 0) is 70.6 Å². The molecule has 2 saturated heterocycles. The molecule has 4 atom stereocenters. The van der Waals surface area contributed by atoms with Crippen LogP contribution in [-0.4, -0.2) is 61.6 Å². The molecular weight excluding hydrogens is 801 g/mol. The van der Waals surface area contributed by atoms with E-state index in [-0.39, 0.29) is 31.1 Å². The average molecular weight is 901 g/mol. The molecule has 8 nitrogen and oxygen atoms in total. The fraction of sp³-hybridized carbons (Fsp3) is 0.875. The first-order chi connectivity index (χ1) is 31.5. The summed E-state index contributed by atoms with van der Waals surface area (Å²) in [5.74, 6) is -0.909. The molecule has 0 saturated carbocycles. The number of carbonyl (C=O) groups excluding carboxylic acids is 3. The molecule has 0 aliphatic carbocycles. The molecule has 0 spiro atoms. The summed E-state index contributed by atoms with van der Waals surface area (Å²) in [5, 5.41) is 0. The molecule has 4 unspecified atom stereocenters. The van der Waals surface area contributed by atoms with Gasteiger partial charge >= 0.3 is 17.9 Å². The van der Waals surface area contributed by atoms with E-state index in [1.165, 1.54) is 122 Å². The lowest BCUT2D eigenvalue weighted by Crippen LogP contribution is -2.30. The van der Waals surface area contributed by atoms with Crippen molar-refractivity contribution in [3.63, 3.8) is 0 Å². The quantitative estimate of drug-likeness (QED) is 0.0196. The minimum absolute atomic E-state index is 0.0873. The maximum absolute atomic E-state index is 12.8. The SMILES string of the molecule is CCCCCCCCCCCCCCCCC(=O)OC(COC(=O)CCCCCCC/C=C\CC1OC1CCCCC)COC(=O)CCCCCCC/C=C\CC1OC1CCCCC. The predicted molar refractivity (Wildman–Crippen MR) is 264 cm³/mol. The standard InChI is InChI=1S/C56H100O8/c1-4-7-10-11-12-13-14-15-16-17-18-27-32-39-46-56(59)62-49(47-60-54(57)44-37-30-25-21-19-23-28-35-42-52-50(63-52)40-33-8-5-2)48-61-55(58)45-38-31-26-22-20-24-29-36-43-53-51(64-53)41-34-9-6-3/h28-29,35-36,49-53H,4-27,30-34,37-48H2,1-3H3/b35-28-,36-29-. The minimum Gasteiger partial charge on any atom is -0.462 e. The molecule has 0 N–H and O–H groups in total. The summed E-state index contributed by atoms with van der Waals surface area (Å²) in [5.41, 5.74) is 0. The molecule has 2 aliphatic rings. The van der Waals surface area contributed by atoms with Gasteiger partial charge in [0.1, 0.15) is 13.2 Å². The van der Waals surface area contributed by atoms with Crippen LogP contribution in [0.3, 0.4) is 0 Å². The van der Waals surface area contributed by atoms with Gasteiger partial charge in [-0.25, -0.2) is 0 Å². The molecule has 0 aromatic rings. The molecule has 2 rings (SSSR count). The number of epoxide rings is 2. The van der Waals surface area contributed by atoms with Crippen molar-refractivity contribution in [3.05, 3.63) is 24.3 Å². The van der Waals surface area contributed by atoms with E-state index in [4.69, 9.17) is 23.7 Å². The van der Waals surface area contributed by atoms with Crippen LogP contribution in [0.15, 0.2) is 24.3 Å². The Bertz CT molecular complexity index is 1100. The number of allylic oxidation sites excluding steroid dienone is 2. The number of hydrogen-bond acceptors (Lipinski definition) is 8. The molecule has 0 aromatic carbocycles. The number of ether oxygens (including phenoxy) is 5. The third-order valence-electron chi connectivity index (χ3n) is 13.0. The minimum atomic E-state index is -0.787. The zero-order valence-corrected chi connectivity index (χ0v) is 42.0. The number of rotatable bonds is 48. The summed E-state index contributed by atoms with van der Waals surface area (Å²) < 4.78 is 28.4. The summed E-state index contributed by atoms with van der Waals surface area (Å²) in [4.78, 5) is 38.1. The monoisotopic (exact) mass is 901 g/mol. The first-order valence-corrected chi connectivity index (χ1v) is 27.6. The second kappa shape index (κ2) is 42.2. The van der Waals surface area contributed by atoms with E-state index in [1.54, 1.807) is 0 Å². The normalized spacial score (nSPS) is 18.5. The molecule has 2 heterocycles. The van der Waals surface area contributed by atoms with Crippen molar-refractivity contribution >= 4 is 17.9 Å². The Hall–Kier alpha value is -2.19.